The first-order valence-electron chi connectivity index (χ1n) is 9.88. The summed E-state index contributed by atoms with van der Waals surface area (Å²) < 4.78 is 38.5. The van der Waals surface area contributed by atoms with Crippen LogP contribution in [0.2, 0.25) is 0 Å². The molecule has 0 unspecified atom stereocenters. The van der Waals surface area contributed by atoms with Gasteiger partial charge in [0.2, 0.25) is 5.88 Å². The van der Waals surface area contributed by atoms with E-state index in [-0.39, 0.29) is 35.1 Å². The number of carbonyl (C=O) groups is 1. The minimum atomic E-state index is -0.786. The number of rotatable bonds is 5. The van der Waals surface area contributed by atoms with Crippen molar-refractivity contribution < 1.29 is 23.0 Å². The standard InChI is InChI=1S/C21H25F2N5O3/c1-21(2,3)31-20(29)28-8-6-14(7-9-28)30-19-15(11-24)18(25-12-26-19)27-17-5-4-13(22)10-16(17)23/h4-5,10-12,14,24H,6-9H2,1-3H3,(H,25,26,27). The Kier molecular flexibility index (Phi) is 6.67. The summed E-state index contributed by atoms with van der Waals surface area (Å²) in [6, 6.07) is 3.11. The van der Waals surface area contributed by atoms with Crippen molar-refractivity contribution in [2.45, 2.75) is 45.3 Å². The summed E-state index contributed by atoms with van der Waals surface area (Å²) >= 11 is 0. The van der Waals surface area contributed by atoms with Gasteiger partial charge in [0.25, 0.3) is 0 Å². The maximum absolute atomic E-state index is 14.0. The van der Waals surface area contributed by atoms with Gasteiger partial charge in [0.1, 0.15) is 35.5 Å². The zero-order valence-corrected chi connectivity index (χ0v) is 17.6. The Morgan fingerprint density at radius 1 is 1.26 bits per heavy atom. The number of carbonyl (C=O) groups excluding carboxylic acids is 1. The van der Waals surface area contributed by atoms with Crippen LogP contribution >= 0.6 is 0 Å². The van der Waals surface area contributed by atoms with Crippen molar-refractivity contribution in [3.05, 3.63) is 41.7 Å². The minimum Gasteiger partial charge on any atom is -0.474 e. The highest BCUT2D eigenvalue weighted by Crippen LogP contribution is 2.27. The van der Waals surface area contributed by atoms with E-state index in [1.807, 2.05) is 20.8 Å². The van der Waals surface area contributed by atoms with E-state index in [1.54, 1.807) is 4.90 Å². The first kappa shape index (κ1) is 22.4. The van der Waals surface area contributed by atoms with Gasteiger partial charge in [-0.2, -0.15) is 0 Å². The smallest absolute Gasteiger partial charge is 0.410 e. The van der Waals surface area contributed by atoms with Crippen molar-refractivity contribution in [3.8, 4) is 5.88 Å². The molecule has 1 aromatic carbocycles. The lowest BCUT2D eigenvalue weighted by molar-refractivity contribution is 0.0123. The topological polar surface area (TPSA) is 100 Å². The van der Waals surface area contributed by atoms with Crippen LogP contribution in [0.5, 0.6) is 5.88 Å². The molecule has 8 nitrogen and oxygen atoms in total. The molecule has 1 amide bonds. The predicted octanol–water partition coefficient (Wildman–Crippen LogP) is 4.27. The highest BCUT2D eigenvalue weighted by atomic mass is 19.1. The molecular formula is C21H25F2N5O3. The fourth-order valence-corrected chi connectivity index (χ4v) is 3.06. The molecule has 1 aliphatic rings. The first-order valence-corrected chi connectivity index (χ1v) is 9.88. The average molecular weight is 433 g/mol. The number of halogens is 2. The van der Waals surface area contributed by atoms with Gasteiger partial charge in [0.15, 0.2) is 0 Å². The van der Waals surface area contributed by atoms with E-state index in [0.29, 0.717) is 25.9 Å². The molecule has 0 spiro atoms. The van der Waals surface area contributed by atoms with Crippen LogP contribution < -0.4 is 10.1 Å². The van der Waals surface area contributed by atoms with Gasteiger partial charge in [-0.15, -0.1) is 0 Å². The Hall–Kier alpha value is -3.30. The number of hydrogen-bond acceptors (Lipinski definition) is 7. The summed E-state index contributed by atoms with van der Waals surface area (Å²) in [5.74, 6) is -1.14. The van der Waals surface area contributed by atoms with Gasteiger partial charge in [-0.3, -0.25) is 0 Å². The van der Waals surface area contributed by atoms with E-state index in [9.17, 15) is 13.6 Å². The number of aromatic nitrogens is 2. The van der Waals surface area contributed by atoms with Crippen molar-refractivity contribution in [1.82, 2.24) is 14.9 Å². The lowest BCUT2D eigenvalue weighted by atomic mass is 10.1. The molecule has 1 fully saturated rings. The number of ether oxygens (including phenoxy) is 2. The average Bonchev–Trinajstić information content (AvgIpc) is 2.69. The molecular weight excluding hydrogens is 408 g/mol. The Bertz CT molecular complexity index is 957. The number of benzene rings is 1. The molecule has 0 bridgehead atoms. The van der Waals surface area contributed by atoms with E-state index in [2.05, 4.69) is 15.3 Å². The largest absolute Gasteiger partial charge is 0.474 e. The zero-order valence-electron chi connectivity index (χ0n) is 17.6. The number of likely N-dealkylation sites (tertiary alicyclic amines) is 1. The highest BCUT2D eigenvalue weighted by molar-refractivity contribution is 5.88. The summed E-state index contributed by atoms with van der Waals surface area (Å²) in [6.07, 6.45) is 2.80. The summed E-state index contributed by atoms with van der Waals surface area (Å²) in [4.78, 5) is 22.0. The number of hydrogen-bond donors (Lipinski definition) is 2. The number of nitrogens with one attached hydrogen (secondary N) is 2. The lowest BCUT2D eigenvalue weighted by Gasteiger charge is -2.33. The van der Waals surface area contributed by atoms with E-state index in [1.165, 1.54) is 12.4 Å². The second-order valence-electron chi connectivity index (χ2n) is 8.12. The molecule has 0 atom stereocenters. The van der Waals surface area contributed by atoms with Gasteiger partial charge < -0.3 is 25.1 Å². The molecule has 2 N–H and O–H groups in total. The Labute approximate surface area is 179 Å². The van der Waals surface area contributed by atoms with Gasteiger partial charge in [-0.1, -0.05) is 0 Å². The van der Waals surface area contributed by atoms with Crippen LogP contribution in [0.3, 0.4) is 0 Å². The number of anilines is 2. The highest BCUT2D eigenvalue weighted by Gasteiger charge is 2.28. The lowest BCUT2D eigenvalue weighted by Crippen LogP contribution is -2.44. The molecule has 0 aliphatic carbocycles. The van der Waals surface area contributed by atoms with Crippen LogP contribution in [-0.4, -0.2) is 52.0 Å². The summed E-state index contributed by atoms with van der Waals surface area (Å²) in [6.45, 7) is 6.39. The zero-order chi connectivity index (χ0) is 22.6. The first-order chi connectivity index (χ1) is 14.7. The SMILES string of the molecule is CC(C)(C)OC(=O)N1CCC(Oc2ncnc(Nc3ccc(F)cc3F)c2C=N)CC1. The van der Waals surface area contributed by atoms with Crippen molar-refractivity contribution in [2.24, 2.45) is 0 Å². The van der Waals surface area contributed by atoms with E-state index >= 15 is 0 Å². The monoisotopic (exact) mass is 433 g/mol. The van der Waals surface area contributed by atoms with Gasteiger partial charge in [0.05, 0.1) is 11.3 Å². The molecule has 2 aromatic rings. The van der Waals surface area contributed by atoms with Gasteiger partial charge in [-0.05, 0) is 32.9 Å². The Morgan fingerprint density at radius 2 is 1.97 bits per heavy atom. The summed E-state index contributed by atoms with van der Waals surface area (Å²) in [5, 5.41) is 10.5. The molecule has 166 valence electrons. The van der Waals surface area contributed by atoms with E-state index < -0.39 is 17.2 Å². The fourth-order valence-electron chi connectivity index (χ4n) is 3.06. The summed E-state index contributed by atoms with van der Waals surface area (Å²) in [7, 11) is 0. The summed E-state index contributed by atoms with van der Waals surface area (Å²) in [5.41, 5.74) is -0.307. The molecule has 2 heterocycles. The molecule has 0 radical (unpaired) electrons. The second-order valence-corrected chi connectivity index (χ2v) is 8.12. The molecule has 31 heavy (non-hydrogen) atoms. The molecule has 1 aliphatic heterocycles. The number of nitrogens with zero attached hydrogens (tertiary/aromatic N) is 3. The van der Waals surface area contributed by atoms with Gasteiger partial charge >= 0.3 is 6.09 Å². The van der Waals surface area contributed by atoms with Crippen molar-refractivity contribution in [3.63, 3.8) is 0 Å². The van der Waals surface area contributed by atoms with Crippen LogP contribution in [0.4, 0.5) is 25.1 Å². The van der Waals surface area contributed by atoms with Crippen LogP contribution in [0.25, 0.3) is 0 Å². The van der Waals surface area contributed by atoms with Crippen LogP contribution in [-0.2, 0) is 4.74 Å². The van der Waals surface area contributed by atoms with Crippen LogP contribution in [0.15, 0.2) is 24.5 Å². The maximum Gasteiger partial charge on any atom is 0.410 e. The van der Waals surface area contributed by atoms with E-state index in [0.717, 1.165) is 18.3 Å². The third kappa shape index (κ3) is 5.87. The quantitative estimate of drug-likeness (QED) is 0.683. The van der Waals surface area contributed by atoms with E-state index in [4.69, 9.17) is 14.9 Å². The normalized spacial score (nSPS) is 14.8. The maximum atomic E-state index is 14.0. The Balaban J connectivity index is 1.67. The molecule has 10 heteroatoms. The van der Waals surface area contributed by atoms with Crippen LogP contribution in [0, 0.1) is 17.0 Å². The molecule has 1 aromatic heterocycles. The van der Waals surface area contributed by atoms with Crippen LogP contribution in [0.1, 0.15) is 39.2 Å². The van der Waals surface area contributed by atoms with Crippen molar-refractivity contribution >= 4 is 23.8 Å². The third-order valence-corrected chi connectivity index (χ3v) is 4.55. The predicted molar refractivity (Wildman–Crippen MR) is 111 cm³/mol. The van der Waals surface area contributed by atoms with Crippen molar-refractivity contribution in [1.29, 1.82) is 5.41 Å². The molecule has 3 rings (SSSR count). The van der Waals surface area contributed by atoms with Gasteiger partial charge in [0, 0.05) is 38.2 Å². The third-order valence-electron chi connectivity index (χ3n) is 4.55. The number of amides is 1. The number of piperidine rings is 1. The Morgan fingerprint density at radius 3 is 2.58 bits per heavy atom. The molecule has 1 saturated heterocycles. The van der Waals surface area contributed by atoms with Crippen molar-refractivity contribution in [2.75, 3.05) is 18.4 Å². The molecule has 0 saturated carbocycles. The fraction of sp³-hybridized carbons (Fsp3) is 0.429. The minimum absolute atomic E-state index is 0.0137. The second kappa shape index (κ2) is 9.23. The van der Waals surface area contributed by atoms with Gasteiger partial charge in [-0.25, -0.2) is 23.5 Å².